The second kappa shape index (κ2) is 22.3. The van der Waals surface area contributed by atoms with Crippen LogP contribution in [-0.2, 0) is 38.1 Å². The summed E-state index contributed by atoms with van der Waals surface area (Å²) in [5, 5.41) is 23.9. The van der Waals surface area contributed by atoms with Crippen LogP contribution >= 0.6 is 0 Å². The Hall–Kier alpha value is -2.20. The molecule has 0 radical (unpaired) electrons. The van der Waals surface area contributed by atoms with Gasteiger partial charge in [0.2, 0.25) is 0 Å². The first-order valence-corrected chi connectivity index (χ1v) is 29.3. The first-order chi connectivity index (χ1) is 33.4. The lowest BCUT2D eigenvalue weighted by Gasteiger charge is -2.62. The average molecular weight is 979 g/mol. The topological polar surface area (TPSA) is 146 Å². The average Bonchev–Trinajstić information content (AvgIpc) is 3.90. The van der Waals surface area contributed by atoms with Gasteiger partial charge in [0.25, 0.3) is 0 Å². The summed E-state index contributed by atoms with van der Waals surface area (Å²) >= 11 is 0. The fourth-order valence-electron chi connectivity index (χ4n) is 19.5. The molecule has 0 aromatic rings. The molecule has 0 spiro atoms. The van der Waals surface area contributed by atoms with Gasteiger partial charge in [-0.25, -0.2) is 0 Å². The molecule has 0 amide bonds. The second-order valence-corrected chi connectivity index (χ2v) is 26.5. The van der Waals surface area contributed by atoms with E-state index < -0.39 is 0 Å². The minimum absolute atomic E-state index is 0.00475. The van der Waals surface area contributed by atoms with Gasteiger partial charge in [0, 0.05) is 25.7 Å². The van der Waals surface area contributed by atoms with E-state index in [4.69, 9.17) is 18.9 Å². The summed E-state index contributed by atoms with van der Waals surface area (Å²) in [6.07, 6.45) is 25.8. The van der Waals surface area contributed by atoms with E-state index in [-0.39, 0.29) is 70.0 Å². The van der Waals surface area contributed by atoms with E-state index >= 15 is 0 Å². The number of rotatable bonds is 19. The van der Waals surface area contributed by atoms with Crippen molar-refractivity contribution in [3.63, 3.8) is 0 Å². The van der Waals surface area contributed by atoms with Crippen molar-refractivity contribution in [3.8, 4) is 0 Å². The Balaban J connectivity index is 0.690. The Kier molecular flexibility index (Phi) is 17.3. The van der Waals surface area contributed by atoms with Crippen LogP contribution in [-0.4, -0.2) is 72.7 Å². The van der Waals surface area contributed by atoms with Gasteiger partial charge in [0.05, 0.1) is 26.4 Å². The minimum Gasteiger partial charge on any atom is -0.469 e. The van der Waals surface area contributed by atoms with Crippen molar-refractivity contribution in [2.75, 3.05) is 14.2 Å². The maximum atomic E-state index is 13.1. The number of carbonyl (C=O) groups is 4. The smallest absolute Gasteiger partial charge is 0.306 e. The molecule has 7 unspecified atom stereocenters. The number of aliphatic hydroxyl groups excluding tert-OH is 2. The fraction of sp³-hybridized carbons (Fsp3) is 0.933. The first-order valence-electron chi connectivity index (χ1n) is 29.3. The SMILES string of the molecule is COC(=O)CC[C@@H](C)[C@H]1CCC2C3CC[C@@H]4CC(OC(=O)CCCCCCCCC(=O)O[C@@H]5CC[C@]6(C)C7C[C@H](O)[C@@]8(C)C(CC[C@@H]8[C@H](C)CCC(=O)OC)C7CC[C@@H]6C5)CC[C@]4(C)C3C[C@H](O)[C@@]21C. The van der Waals surface area contributed by atoms with E-state index in [1.807, 2.05) is 0 Å². The maximum absolute atomic E-state index is 13.1. The van der Waals surface area contributed by atoms with Gasteiger partial charge in [-0.05, 0) is 221 Å². The molecule has 0 aliphatic heterocycles. The van der Waals surface area contributed by atoms with E-state index in [1.54, 1.807) is 0 Å². The molecule has 0 aromatic carbocycles. The van der Waals surface area contributed by atoms with Gasteiger partial charge >= 0.3 is 23.9 Å². The maximum Gasteiger partial charge on any atom is 0.306 e. The molecule has 0 aromatic heterocycles. The fourth-order valence-corrected chi connectivity index (χ4v) is 19.5. The molecule has 70 heavy (non-hydrogen) atoms. The number of unbranched alkanes of at least 4 members (excludes halogenated alkanes) is 5. The van der Waals surface area contributed by atoms with Crippen molar-refractivity contribution < 1.29 is 48.3 Å². The summed E-state index contributed by atoms with van der Waals surface area (Å²) in [7, 11) is 2.93. The number of aliphatic hydroxyl groups is 2. The second-order valence-electron chi connectivity index (χ2n) is 26.5. The predicted octanol–water partition coefficient (Wildman–Crippen LogP) is 12.4. The van der Waals surface area contributed by atoms with E-state index in [9.17, 15) is 29.4 Å². The first kappa shape index (κ1) is 54.1. The summed E-state index contributed by atoms with van der Waals surface area (Å²) in [6, 6.07) is 0. The Morgan fingerprint density at radius 1 is 0.471 bits per heavy atom. The largest absolute Gasteiger partial charge is 0.469 e. The van der Waals surface area contributed by atoms with Gasteiger partial charge in [0.1, 0.15) is 12.2 Å². The van der Waals surface area contributed by atoms with Crippen LogP contribution < -0.4 is 0 Å². The molecule has 8 aliphatic rings. The van der Waals surface area contributed by atoms with Crippen molar-refractivity contribution in [1.82, 2.24) is 0 Å². The van der Waals surface area contributed by atoms with Gasteiger partial charge in [-0.3, -0.25) is 19.2 Å². The van der Waals surface area contributed by atoms with E-state index in [1.165, 1.54) is 52.7 Å². The van der Waals surface area contributed by atoms with Gasteiger partial charge < -0.3 is 29.2 Å². The zero-order valence-corrected chi connectivity index (χ0v) is 45.2. The zero-order valence-electron chi connectivity index (χ0n) is 45.2. The molecule has 8 fully saturated rings. The van der Waals surface area contributed by atoms with Crippen molar-refractivity contribution in [3.05, 3.63) is 0 Å². The number of hydrogen-bond donors (Lipinski definition) is 2. The number of carbonyl (C=O) groups excluding carboxylic acids is 4. The van der Waals surface area contributed by atoms with Gasteiger partial charge in [-0.1, -0.05) is 67.2 Å². The zero-order chi connectivity index (χ0) is 50.2. The summed E-state index contributed by atoms with van der Waals surface area (Å²) in [4.78, 5) is 50.0. The minimum atomic E-state index is -0.318. The van der Waals surface area contributed by atoms with Gasteiger partial charge in [0.15, 0.2) is 0 Å². The highest BCUT2D eigenvalue weighted by Gasteiger charge is 2.66. The van der Waals surface area contributed by atoms with E-state index in [0.717, 1.165) is 116 Å². The third kappa shape index (κ3) is 10.4. The molecule has 0 bridgehead atoms. The highest BCUT2D eigenvalue weighted by Crippen LogP contribution is 2.70. The third-order valence-electron chi connectivity index (χ3n) is 23.6. The number of fused-ring (bicyclic) bond motifs is 10. The summed E-state index contributed by atoms with van der Waals surface area (Å²) < 4.78 is 22.2. The van der Waals surface area contributed by atoms with Crippen LogP contribution in [0.1, 0.15) is 221 Å². The molecular formula is C60H98O10. The number of methoxy groups -OCH3 is 2. The van der Waals surface area contributed by atoms with Crippen LogP contribution in [0, 0.1) is 92.7 Å². The van der Waals surface area contributed by atoms with Gasteiger partial charge in [-0.2, -0.15) is 0 Å². The Bertz CT molecular complexity index is 1690. The molecule has 8 rings (SSSR count). The lowest BCUT2D eigenvalue weighted by molar-refractivity contribution is -0.182. The molecular weight excluding hydrogens is 881 g/mol. The molecule has 8 aliphatic carbocycles. The Morgan fingerprint density at radius 3 is 1.24 bits per heavy atom. The number of esters is 4. The molecule has 8 saturated carbocycles. The molecule has 10 heteroatoms. The standard InChI is InChI=1S/C60H98O10/c1-37(17-27-53(63)67-7)45-23-25-47-43-21-19-39-33-41(29-31-57(39,3)49(43)35-51(61)59(45,47)5)69-55(65)15-13-11-9-10-12-14-16-56(66)70-42-30-32-58(4)40(34-42)20-22-44-48-26-24-46(38(2)18-28-54(64)68-8)60(48,6)52(62)36-50(44)58/h37-52,61-62H,9-36H2,1-8H3/t37-,38-,39-,40-,41-,42?,43?,44?,45-,46-,47?,48?,49?,50?,51+,52+,57+,58+,59-,60-/m1/s1. The molecule has 0 heterocycles. The van der Waals surface area contributed by atoms with Crippen LogP contribution in [0.4, 0.5) is 0 Å². The highest BCUT2D eigenvalue weighted by atomic mass is 16.5. The van der Waals surface area contributed by atoms with E-state index in [2.05, 4.69) is 41.5 Å². The van der Waals surface area contributed by atoms with Gasteiger partial charge in [-0.15, -0.1) is 0 Å². The van der Waals surface area contributed by atoms with Crippen LogP contribution in [0.25, 0.3) is 0 Å². The molecule has 398 valence electrons. The van der Waals surface area contributed by atoms with Crippen molar-refractivity contribution in [1.29, 1.82) is 0 Å². The molecule has 0 saturated heterocycles. The quantitative estimate of drug-likeness (QED) is 0.0729. The van der Waals surface area contributed by atoms with Crippen molar-refractivity contribution >= 4 is 23.9 Å². The van der Waals surface area contributed by atoms with E-state index in [0.29, 0.717) is 96.7 Å². The molecule has 20 atom stereocenters. The molecule has 10 nitrogen and oxygen atoms in total. The summed E-state index contributed by atoms with van der Waals surface area (Å²) in [6.45, 7) is 14.3. The third-order valence-corrected chi connectivity index (χ3v) is 23.6. The van der Waals surface area contributed by atoms with Crippen molar-refractivity contribution in [2.45, 2.75) is 246 Å². The van der Waals surface area contributed by atoms with Crippen LogP contribution in [0.15, 0.2) is 0 Å². The highest BCUT2D eigenvalue weighted by molar-refractivity contribution is 5.70. The van der Waals surface area contributed by atoms with Crippen LogP contribution in [0.5, 0.6) is 0 Å². The Morgan fingerprint density at radius 2 is 0.857 bits per heavy atom. The monoisotopic (exact) mass is 979 g/mol. The van der Waals surface area contributed by atoms with Crippen LogP contribution in [0.3, 0.4) is 0 Å². The van der Waals surface area contributed by atoms with Crippen LogP contribution in [0.2, 0.25) is 0 Å². The lowest BCUT2D eigenvalue weighted by Crippen LogP contribution is -2.59. The summed E-state index contributed by atoms with van der Waals surface area (Å²) in [5.41, 5.74) is 0.169. The normalized spacial score (nSPS) is 43.7. The van der Waals surface area contributed by atoms with Crippen molar-refractivity contribution in [2.24, 2.45) is 92.7 Å². The Labute approximate surface area is 423 Å². The lowest BCUT2D eigenvalue weighted by atomic mass is 9.43. The number of hydrogen-bond acceptors (Lipinski definition) is 10. The number of ether oxygens (including phenoxy) is 4. The summed E-state index contributed by atoms with van der Waals surface area (Å²) in [5.74, 6) is 5.68. The molecule has 2 N–H and O–H groups in total. The predicted molar refractivity (Wildman–Crippen MR) is 271 cm³/mol.